The van der Waals surface area contributed by atoms with Crippen molar-refractivity contribution < 1.29 is 0 Å². The maximum absolute atomic E-state index is 5.22. The Morgan fingerprint density at radius 1 is 0.346 bits per heavy atom. The summed E-state index contributed by atoms with van der Waals surface area (Å²) in [4.78, 5) is 25.2. The van der Waals surface area contributed by atoms with Crippen LogP contribution in [0, 0.1) is 0 Å². The predicted octanol–water partition coefficient (Wildman–Crippen LogP) is 11.6. The molecule has 0 bridgehead atoms. The van der Waals surface area contributed by atoms with Crippen LogP contribution in [0.1, 0.15) is 0 Å². The van der Waals surface area contributed by atoms with Crippen LogP contribution in [-0.4, -0.2) is 24.9 Å². The van der Waals surface area contributed by atoms with E-state index in [9.17, 15) is 0 Å². The van der Waals surface area contributed by atoms with Crippen LogP contribution < -0.4 is 0 Å². The van der Waals surface area contributed by atoms with E-state index in [1.807, 2.05) is 60.8 Å². The van der Waals surface area contributed by atoms with Gasteiger partial charge in [-0.05, 0) is 53.6 Å². The Balaban J connectivity index is 1.06. The Morgan fingerprint density at radius 3 is 1.71 bits per heavy atom. The van der Waals surface area contributed by atoms with Crippen LogP contribution >= 0.6 is 0 Å². The van der Waals surface area contributed by atoms with Gasteiger partial charge >= 0.3 is 0 Å². The van der Waals surface area contributed by atoms with Gasteiger partial charge in [0.15, 0.2) is 5.82 Å². The Hall–Kier alpha value is -7.11. The fourth-order valence-corrected chi connectivity index (χ4v) is 7.10. The maximum atomic E-state index is 5.22. The summed E-state index contributed by atoms with van der Waals surface area (Å²) in [5.74, 6) is 0.658. The quantitative estimate of drug-likeness (QED) is 0.171. The summed E-state index contributed by atoms with van der Waals surface area (Å²) in [6.45, 7) is 0. The molecule has 4 heterocycles. The highest BCUT2D eigenvalue weighted by Crippen LogP contribution is 2.35. The molecule has 0 N–H and O–H groups in total. The molecule has 0 aliphatic rings. The molecule has 0 aliphatic heterocycles. The van der Waals surface area contributed by atoms with Gasteiger partial charge in [0.1, 0.15) is 0 Å². The number of pyridine rings is 3. The molecule has 0 spiro atoms. The Kier molecular flexibility index (Phi) is 7.07. The molecule has 0 saturated carbocycles. The lowest BCUT2D eigenvalue weighted by Gasteiger charge is -2.12. The molecule has 242 valence electrons. The molecule has 5 nitrogen and oxygen atoms in total. The van der Waals surface area contributed by atoms with Gasteiger partial charge in [-0.25, -0.2) is 19.9 Å². The standard InChI is InChI=1S/C47H29N5/c1-2-10-30(11-3-1)40-25-23-32-21-22-33-24-26-41(50-46(33)45(32)49-40)36-15-6-13-34(28-36)35-14-7-16-37(29-35)44-38-18-4-5-20-42(38)51-47(52-44)39-19-8-12-31-17-9-27-48-43(31)39/h1-29H. The smallest absolute Gasteiger partial charge is 0.162 e. The second-order valence-corrected chi connectivity index (χ2v) is 12.9. The minimum atomic E-state index is 0.658. The van der Waals surface area contributed by atoms with Crippen LogP contribution in [-0.2, 0) is 0 Å². The molecule has 0 fully saturated rings. The number of rotatable bonds is 5. The van der Waals surface area contributed by atoms with E-state index in [1.54, 1.807) is 0 Å². The Bertz CT molecular complexity index is 2970. The van der Waals surface area contributed by atoms with Crippen molar-refractivity contribution in [3.8, 4) is 56.3 Å². The molecule has 4 aromatic heterocycles. The number of aromatic nitrogens is 5. The van der Waals surface area contributed by atoms with E-state index in [4.69, 9.17) is 19.9 Å². The van der Waals surface area contributed by atoms with Gasteiger partial charge in [0.2, 0.25) is 0 Å². The van der Waals surface area contributed by atoms with Crippen molar-refractivity contribution in [3.63, 3.8) is 0 Å². The molecular weight excluding hydrogens is 635 g/mol. The molecule has 10 rings (SSSR count). The summed E-state index contributed by atoms with van der Waals surface area (Å²) in [5.41, 5.74) is 12.6. The molecule has 5 heteroatoms. The van der Waals surface area contributed by atoms with Gasteiger partial charge in [-0.15, -0.1) is 0 Å². The van der Waals surface area contributed by atoms with Crippen LogP contribution in [0.5, 0.6) is 0 Å². The average Bonchev–Trinajstić information content (AvgIpc) is 3.23. The average molecular weight is 664 g/mol. The number of hydrogen-bond acceptors (Lipinski definition) is 5. The van der Waals surface area contributed by atoms with Crippen LogP contribution in [0.15, 0.2) is 176 Å². The van der Waals surface area contributed by atoms with Crippen molar-refractivity contribution in [2.45, 2.75) is 0 Å². The summed E-state index contributed by atoms with van der Waals surface area (Å²) in [5, 5.41) is 4.19. The zero-order chi connectivity index (χ0) is 34.4. The molecule has 0 radical (unpaired) electrons. The summed E-state index contributed by atoms with van der Waals surface area (Å²) < 4.78 is 0. The Labute approximate surface area is 300 Å². The lowest BCUT2D eigenvalue weighted by Crippen LogP contribution is -1.96. The van der Waals surface area contributed by atoms with Gasteiger partial charge in [0.05, 0.1) is 39.1 Å². The third-order valence-electron chi connectivity index (χ3n) is 9.69. The van der Waals surface area contributed by atoms with Gasteiger partial charge < -0.3 is 0 Å². The summed E-state index contributed by atoms with van der Waals surface area (Å²) in [7, 11) is 0. The van der Waals surface area contributed by atoms with E-state index in [1.165, 1.54) is 0 Å². The first kappa shape index (κ1) is 29.8. The first-order valence-electron chi connectivity index (χ1n) is 17.3. The van der Waals surface area contributed by atoms with E-state index >= 15 is 0 Å². The van der Waals surface area contributed by atoms with Crippen LogP contribution in [0.3, 0.4) is 0 Å². The Morgan fingerprint density at radius 2 is 0.923 bits per heavy atom. The van der Waals surface area contributed by atoms with Crippen molar-refractivity contribution in [2.75, 3.05) is 0 Å². The lowest BCUT2D eigenvalue weighted by molar-refractivity contribution is 1.23. The largest absolute Gasteiger partial charge is 0.255 e. The molecule has 0 aliphatic carbocycles. The molecule has 52 heavy (non-hydrogen) atoms. The lowest BCUT2D eigenvalue weighted by atomic mass is 9.97. The third-order valence-corrected chi connectivity index (χ3v) is 9.69. The van der Waals surface area contributed by atoms with Crippen LogP contribution in [0.4, 0.5) is 0 Å². The van der Waals surface area contributed by atoms with Crippen molar-refractivity contribution in [1.82, 2.24) is 24.9 Å². The SMILES string of the molecule is c1ccc(-c2ccc3ccc4ccc(-c5cccc(-c6cccc(-c7nc(-c8cccc9cccnc89)nc8ccccc78)c6)c5)nc4c3n2)cc1. The second-order valence-electron chi connectivity index (χ2n) is 12.9. The first-order valence-corrected chi connectivity index (χ1v) is 17.3. The van der Waals surface area contributed by atoms with Gasteiger partial charge in [-0.1, -0.05) is 127 Å². The normalized spacial score (nSPS) is 11.5. The molecule has 6 aromatic carbocycles. The van der Waals surface area contributed by atoms with Crippen LogP contribution in [0.2, 0.25) is 0 Å². The third kappa shape index (κ3) is 5.24. The number of benzene rings is 6. The number of hydrogen-bond donors (Lipinski definition) is 0. The van der Waals surface area contributed by atoms with E-state index in [-0.39, 0.29) is 0 Å². The summed E-state index contributed by atoms with van der Waals surface area (Å²) in [6.07, 6.45) is 1.82. The van der Waals surface area contributed by atoms with Gasteiger partial charge in [0, 0.05) is 50.0 Å². The predicted molar refractivity (Wildman–Crippen MR) is 213 cm³/mol. The van der Waals surface area contributed by atoms with Gasteiger partial charge in [-0.2, -0.15) is 0 Å². The minimum absolute atomic E-state index is 0.658. The minimum Gasteiger partial charge on any atom is -0.255 e. The maximum Gasteiger partial charge on any atom is 0.162 e. The first-order chi connectivity index (χ1) is 25.7. The van der Waals surface area contributed by atoms with Crippen molar-refractivity contribution in [3.05, 3.63) is 176 Å². The fourth-order valence-electron chi connectivity index (χ4n) is 7.10. The molecule has 0 atom stereocenters. The number of fused-ring (bicyclic) bond motifs is 5. The summed E-state index contributed by atoms with van der Waals surface area (Å²) >= 11 is 0. The zero-order valence-corrected chi connectivity index (χ0v) is 28.0. The van der Waals surface area contributed by atoms with Crippen molar-refractivity contribution in [1.29, 1.82) is 0 Å². The van der Waals surface area contributed by atoms with E-state index in [0.717, 1.165) is 94.1 Å². The van der Waals surface area contributed by atoms with E-state index in [2.05, 4.69) is 120 Å². The molecule has 0 amide bonds. The van der Waals surface area contributed by atoms with Crippen LogP contribution in [0.25, 0.3) is 99.9 Å². The topological polar surface area (TPSA) is 64.5 Å². The molecular formula is C47H29N5. The second kappa shape index (κ2) is 12.3. The molecule has 0 saturated heterocycles. The monoisotopic (exact) mass is 663 g/mol. The highest BCUT2D eigenvalue weighted by molar-refractivity contribution is 6.04. The van der Waals surface area contributed by atoms with Crippen molar-refractivity contribution >= 4 is 43.6 Å². The van der Waals surface area contributed by atoms with E-state index in [0.29, 0.717) is 5.82 Å². The highest BCUT2D eigenvalue weighted by Gasteiger charge is 2.15. The van der Waals surface area contributed by atoms with Crippen molar-refractivity contribution in [2.24, 2.45) is 0 Å². The van der Waals surface area contributed by atoms with Gasteiger partial charge in [0.25, 0.3) is 0 Å². The molecule has 10 aromatic rings. The van der Waals surface area contributed by atoms with E-state index < -0.39 is 0 Å². The number of para-hydroxylation sites is 2. The molecule has 0 unspecified atom stereocenters. The fraction of sp³-hybridized carbons (Fsp3) is 0. The van der Waals surface area contributed by atoms with Gasteiger partial charge in [-0.3, -0.25) is 4.98 Å². The number of nitrogens with zero attached hydrogens (tertiary/aromatic N) is 5. The summed E-state index contributed by atoms with van der Waals surface area (Å²) in [6, 6.07) is 58.6. The zero-order valence-electron chi connectivity index (χ0n) is 28.0. The highest BCUT2D eigenvalue weighted by atomic mass is 14.9.